The fourth-order valence-electron chi connectivity index (χ4n) is 3.42. The Bertz CT molecular complexity index is 884. The lowest BCUT2D eigenvalue weighted by atomic mass is 9.87. The van der Waals surface area contributed by atoms with E-state index in [4.69, 9.17) is 0 Å². The Hall–Kier alpha value is -2.44. The molecule has 0 unspecified atom stereocenters. The van der Waals surface area contributed by atoms with E-state index >= 15 is 0 Å². The number of rotatable bonds is 3. The number of hydrogen-bond donors (Lipinski definition) is 2. The number of hydrogen-bond acceptors (Lipinski definition) is 4. The average Bonchev–Trinajstić information content (AvgIpc) is 2.55. The smallest absolute Gasteiger partial charge is 0.329 e. The summed E-state index contributed by atoms with van der Waals surface area (Å²) in [4.78, 5) is 42.7. The first-order valence-electron chi connectivity index (χ1n) is 8.43. The van der Waals surface area contributed by atoms with Gasteiger partial charge in [0.25, 0.3) is 11.5 Å². The first-order valence-corrected chi connectivity index (χ1v) is 8.43. The highest BCUT2D eigenvalue weighted by Gasteiger charge is 2.21. The van der Waals surface area contributed by atoms with Crippen molar-refractivity contribution in [2.24, 2.45) is 5.92 Å². The van der Waals surface area contributed by atoms with Gasteiger partial charge in [-0.3, -0.25) is 19.1 Å². The van der Waals surface area contributed by atoms with Crippen molar-refractivity contribution < 1.29 is 4.79 Å². The molecule has 0 spiro atoms. The maximum Gasteiger partial charge on any atom is 0.329 e. The van der Waals surface area contributed by atoms with Crippen LogP contribution in [0, 0.1) is 5.92 Å². The first-order chi connectivity index (χ1) is 11.5. The van der Waals surface area contributed by atoms with Crippen LogP contribution in [0.4, 0.5) is 0 Å². The van der Waals surface area contributed by atoms with Crippen molar-refractivity contribution in [1.29, 1.82) is 0 Å². The summed E-state index contributed by atoms with van der Waals surface area (Å²) in [5.41, 5.74) is -0.370. The number of amides is 1. The van der Waals surface area contributed by atoms with Gasteiger partial charge in [0.15, 0.2) is 0 Å². The predicted molar refractivity (Wildman–Crippen MR) is 91.2 cm³/mol. The van der Waals surface area contributed by atoms with Crippen LogP contribution in [0.25, 0.3) is 11.0 Å². The highest BCUT2D eigenvalue weighted by atomic mass is 16.2. The molecule has 1 amide bonds. The highest BCUT2D eigenvalue weighted by Crippen LogP contribution is 2.23. The second-order valence-corrected chi connectivity index (χ2v) is 6.54. The molecule has 2 aromatic rings. The van der Waals surface area contributed by atoms with Crippen molar-refractivity contribution in [3.05, 3.63) is 38.7 Å². The Kier molecular flexibility index (Phi) is 4.51. The highest BCUT2D eigenvalue weighted by molar-refractivity contribution is 5.96. The van der Waals surface area contributed by atoms with E-state index in [0.717, 1.165) is 19.3 Å². The van der Waals surface area contributed by atoms with E-state index in [-0.39, 0.29) is 17.3 Å². The fraction of sp³-hybridized carbons (Fsp3) is 0.529. The minimum atomic E-state index is -0.520. The van der Waals surface area contributed by atoms with Gasteiger partial charge in [0.2, 0.25) is 0 Å². The molecule has 2 atom stereocenters. The number of pyridine rings is 1. The lowest BCUT2D eigenvalue weighted by molar-refractivity contribution is 0.0921. The summed E-state index contributed by atoms with van der Waals surface area (Å²) < 4.78 is 1.38. The van der Waals surface area contributed by atoms with E-state index in [2.05, 4.69) is 22.2 Å². The van der Waals surface area contributed by atoms with Gasteiger partial charge in [0, 0.05) is 18.8 Å². The van der Waals surface area contributed by atoms with Gasteiger partial charge in [-0.15, -0.1) is 0 Å². The number of nitrogens with zero attached hydrogens (tertiary/aromatic N) is 2. The van der Waals surface area contributed by atoms with Crippen LogP contribution in [0.2, 0.25) is 0 Å². The summed E-state index contributed by atoms with van der Waals surface area (Å²) in [6.07, 6.45) is 5.70. The largest absolute Gasteiger partial charge is 0.349 e. The van der Waals surface area contributed by atoms with Crippen molar-refractivity contribution in [2.45, 2.75) is 52.1 Å². The molecule has 2 aromatic heterocycles. The number of aryl methyl sites for hydroxylation is 1. The second kappa shape index (κ2) is 6.59. The molecule has 2 N–H and O–H groups in total. The summed E-state index contributed by atoms with van der Waals surface area (Å²) >= 11 is 0. The summed E-state index contributed by atoms with van der Waals surface area (Å²) in [6, 6.07) is 1.67. The minimum Gasteiger partial charge on any atom is -0.349 e. The summed E-state index contributed by atoms with van der Waals surface area (Å²) in [6.45, 7) is 4.38. The zero-order chi connectivity index (χ0) is 17.3. The van der Waals surface area contributed by atoms with Gasteiger partial charge in [-0.05, 0) is 31.7 Å². The Labute approximate surface area is 139 Å². The number of aromatic nitrogens is 3. The molecule has 2 heterocycles. The third-order valence-corrected chi connectivity index (χ3v) is 4.68. The molecule has 1 aliphatic carbocycles. The van der Waals surface area contributed by atoms with Gasteiger partial charge in [0.05, 0.1) is 10.9 Å². The van der Waals surface area contributed by atoms with E-state index in [9.17, 15) is 14.4 Å². The van der Waals surface area contributed by atoms with Crippen LogP contribution in [0.15, 0.2) is 21.9 Å². The number of H-pyrrole nitrogens is 1. The quantitative estimate of drug-likeness (QED) is 0.889. The Morgan fingerprint density at radius 2 is 2.21 bits per heavy atom. The molecule has 0 saturated heterocycles. The molecule has 128 valence electrons. The SMILES string of the molecule is CCn1c(=O)[nH]c(=O)c2cc(C(=O)N[C@@H]3CCC[C@@H](C)C3)cnc21. The van der Waals surface area contributed by atoms with Crippen LogP contribution < -0.4 is 16.6 Å². The van der Waals surface area contributed by atoms with Crippen LogP contribution in [0.5, 0.6) is 0 Å². The normalized spacial score (nSPS) is 20.9. The van der Waals surface area contributed by atoms with E-state index in [1.807, 2.05) is 0 Å². The Morgan fingerprint density at radius 3 is 2.92 bits per heavy atom. The predicted octanol–water partition coefficient (Wildman–Crippen LogP) is 1.41. The molecular weight excluding hydrogens is 308 g/mol. The molecule has 7 heteroatoms. The lowest BCUT2D eigenvalue weighted by Crippen LogP contribution is -2.38. The first kappa shape index (κ1) is 16.4. The summed E-state index contributed by atoms with van der Waals surface area (Å²) in [7, 11) is 0. The molecule has 0 aromatic carbocycles. The topological polar surface area (TPSA) is 96.9 Å². The van der Waals surface area contributed by atoms with Crippen molar-refractivity contribution in [1.82, 2.24) is 19.9 Å². The molecule has 1 fully saturated rings. The molecule has 3 rings (SSSR count). The van der Waals surface area contributed by atoms with Crippen LogP contribution >= 0.6 is 0 Å². The fourth-order valence-corrected chi connectivity index (χ4v) is 3.42. The monoisotopic (exact) mass is 330 g/mol. The molecule has 0 aliphatic heterocycles. The average molecular weight is 330 g/mol. The number of aromatic amines is 1. The third-order valence-electron chi connectivity index (χ3n) is 4.68. The van der Waals surface area contributed by atoms with Gasteiger partial charge < -0.3 is 5.32 Å². The van der Waals surface area contributed by atoms with Crippen LogP contribution in [-0.4, -0.2) is 26.5 Å². The van der Waals surface area contributed by atoms with E-state index in [1.54, 1.807) is 6.92 Å². The standard InChI is InChI=1S/C17H22N4O3/c1-3-21-14-13(16(23)20-17(21)24)8-11(9-18-14)15(22)19-12-6-4-5-10(2)7-12/h8-10,12H,3-7H2,1-2H3,(H,19,22)(H,20,23,24)/t10-,12-/m1/s1. The molecule has 1 saturated carbocycles. The van der Waals surface area contributed by atoms with E-state index in [1.165, 1.54) is 23.3 Å². The minimum absolute atomic E-state index is 0.167. The van der Waals surface area contributed by atoms with Gasteiger partial charge in [-0.2, -0.15) is 0 Å². The van der Waals surface area contributed by atoms with Crippen molar-refractivity contribution >= 4 is 16.9 Å². The van der Waals surface area contributed by atoms with Crippen molar-refractivity contribution in [3.63, 3.8) is 0 Å². The summed E-state index contributed by atoms with van der Waals surface area (Å²) in [5, 5.41) is 3.28. The lowest BCUT2D eigenvalue weighted by Gasteiger charge is -2.27. The Morgan fingerprint density at radius 1 is 1.42 bits per heavy atom. The number of carbonyl (C=O) groups excluding carboxylic acids is 1. The third kappa shape index (κ3) is 3.11. The van der Waals surface area contributed by atoms with Gasteiger partial charge in [-0.1, -0.05) is 19.8 Å². The van der Waals surface area contributed by atoms with Gasteiger partial charge >= 0.3 is 5.69 Å². The molecule has 1 aliphatic rings. The molecule has 0 bridgehead atoms. The van der Waals surface area contributed by atoms with Crippen molar-refractivity contribution in [2.75, 3.05) is 0 Å². The maximum atomic E-state index is 12.5. The number of carbonyl (C=O) groups is 1. The molecular formula is C17H22N4O3. The van der Waals surface area contributed by atoms with E-state index in [0.29, 0.717) is 23.7 Å². The van der Waals surface area contributed by atoms with Crippen LogP contribution in [0.1, 0.15) is 49.9 Å². The number of nitrogens with one attached hydrogen (secondary N) is 2. The van der Waals surface area contributed by atoms with Gasteiger partial charge in [-0.25, -0.2) is 9.78 Å². The maximum absolute atomic E-state index is 12.5. The Balaban J connectivity index is 1.92. The second-order valence-electron chi connectivity index (χ2n) is 6.54. The zero-order valence-electron chi connectivity index (χ0n) is 14.0. The molecule has 24 heavy (non-hydrogen) atoms. The molecule has 7 nitrogen and oxygen atoms in total. The summed E-state index contributed by atoms with van der Waals surface area (Å²) in [5.74, 6) is 0.387. The van der Waals surface area contributed by atoms with Crippen LogP contribution in [0.3, 0.4) is 0 Å². The van der Waals surface area contributed by atoms with Gasteiger partial charge in [0.1, 0.15) is 5.65 Å². The van der Waals surface area contributed by atoms with Crippen LogP contribution in [-0.2, 0) is 6.54 Å². The molecule has 0 radical (unpaired) electrons. The van der Waals surface area contributed by atoms with E-state index < -0.39 is 11.2 Å². The number of fused-ring (bicyclic) bond motifs is 1. The van der Waals surface area contributed by atoms with Crippen molar-refractivity contribution in [3.8, 4) is 0 Å². The zero-order valence-corrected chi connectivity index (χ0v) is 14.0.